The quantitative estimate of drug-likeness (QED) is 0.694. The third-order valence-corrected chi connectivity index (χ3v) is 3.87. The highest BCUT2D eigenvalue weighted by atomic mass is 79.9. The van der Waals surface area contributed by atoms with Crippen LogP contribution in [0.4, 0.5) is 4.79 Å². The molecule has 144 valence electrons. The molecular formula is C20H23BrN2O4. The van der Waals surface area contributed by atoms with Crippen molar-refractivity contribution in [2.45, 2.75) is 45.4 Å². The highest BCUT2D eigenvalue weighted by molar-refractivity contribution is 9.10. The summed E-state index contributed by atoms with van der Waals surface area (Å²) >= 11 is 3.32. The van der Waals surface area contributed by atoms with E-state index in [1.54, 1.807) is 33.0 Å². The normalized spacial score (nSPS) is 12.1. The Kier molecular flexibility index (Phi) is 7.36. The molecule has 0 saturated carbocycles. The Bertz CT molecular complexity index is 758. The fourth-order valence-electron chi connectivity index (χ4n) is 2.21. The van der Waals surface area contributed by atoms with Crippen molar-refractivity contribution in [2.75, 3.05) is 0 Å². The molecule has 0 aliphatic heterocycles. The average molecular weight is 435 g/mol. The van der Waals surface area contributed by atoms with Gasteiger partial charge in [-0.15, -0.1) is 0 Å². The minimum Gasteiger partial charge on any atom is -0.459 e. The van der Waals surface area contributed by atoms with E-state index in [0.29, 0.717) is 5.69 Å². The molecule has 7 heteroatoms. The maximum Gasteiger partial charge on any atom is 0.408 e. The predicted molar refractivity (Wildman–Crippen MR) is 105 cm³/mol. The minimum atomic E-state index is -0.905. The number of carbonyl (C=O) groups excluding carboxylic acids is 2. The van der Waals surface area contributed by atoms with Crippen molar-refractivity contribution >= 4 is 28.0 Å². The van der Waals surface area contributed by atoms with Crippen LogP contribution in [-0.2, 0) is 27.3 Å². The van der Waals surface area contributed by atoms with Crippen LogP contribution in [-0.4, -0.2) is 28.7 Å². The maximum absolute atomic E-state index is 12.6. The van der Waals surface area contributed by atoms with Gasteiger partial charge in [-0.25, -0.2) is 9.59 Å². The Hall–Kier alpha value is -2.41. The summed E-state index contributed by atoms with van der Waals surface area (Å²) in [6.07, 6.45) is 1.15. The number of pyridine rings is 1. The average Bonchev–Trinajstić information content (AvgIpc) is 2.60. The first kappa shape index (κ1) is 20.9. The number of nitrogens with zero attached hydrogens (tertiary/aromatic N) is 1. The van der Waals surface area contributed by atoms with E-state index in [9.17, 15) is 9.59 Å². The molecular weight excluding hydrogens is 412 g/mol. The zero-order valence-corrected chi connectivity index (χ0v) is 17.2. The lowest BCUT2D eigenvalue weighted by molar-refractivity contribution is -0.147. The smallest absolute Gasteiger partial charge is 0.408 e. The second kappa shape index (κ2) is 9.50. The summed E-state index contributed by atoms with van der Waals surface area (Å²) in [5.74, 6) is -0.547. The number of ether oxygens (including phenoxy) is 2. The van der Waals surface area contributed by atoms with E-state index >= 15 is 0 Å². The van der Waals surface area contributed by atoms with Crippen LogP contribution in [0.5, 0.6) is 0 Å². The Balaban J connectivity index is 2.06. The Labute approximate surface area is 167 Å². The molecule has 1 N–H and O–H groups in total. The highest BCUT2D eigenvalue weighted by Gasteiger charge is 2.26. The number of esters is 1. The van der Waals surface area contributed by atoms with Crippen molar-refractivity contribution in [3.63, 3.8) is 0 Å². The number of hydrogen-bond acceptors (Lipinski definition) is 5. The lowest BCUT2D eigenvalue weighted by Gasteiger charge is -2.23. The van der Waals surface area contributed by atoms with Crippen molar-refractivity contribution in [2.24, 2.45) is 0 Å². The summed E-state index contributed by atoms with van der Waals surface area (Å²) < 4.78 is 11.5. The van der Waals surface area contributed by atoms with Gasteiger partial charge in [0.05, 0.1) is 0 Å². The van der Waals surface area contributed by atoms with Gasteiger partial charge in [0, 0.05) is 22.8 Å². The number of amides is 1. The molecule has 0 saturated heterocycles. The van der Waals surface area contributed by atoms with Gasteiger partial charge < -0.3 is 14.8 Å². The fraction of sp³-hybridized carbons (Fsp3) is 0.350. The monoisotopic (exact) mass is 434 g/mol. The summed E-state index contributed by atoms with van der Waals surface area (Å²) in [6, 6.07) is 12.0. The number of rotatable bonds is 6. The van der Waals surface area contributed by atoms with E-state index in [2.05, 4.69) is 26.2 Å². The van der Waals surface area contributed by atoms with Gasteiger partial charge in [0.2, 0.25) is 0 Å². The highest BCUT2D eigenvalue weighted by Crippen LogP contribution is 2.12. The molecule has 1 aromatic heterocycles. The molecule has 0 fully saturated rings. The molecule has 0 aliphatic rings. The van der Waals surface area contributed by atoms with E-state index in [4.69, 9.17) is 9.47 Å². The molecule has 0 aliphatic carbocycles. The van der Waals surface area contributed by atoms with Crippen molar-refractivity contribution in [1.29, 1.82) is 0 Å². The van der Waals surface area contributed by atoms with E-state index in [-0.39, 0.29) is 13.0 Å². The summed E-state index contributed by atoms with van der Waals surface area (Å²) in [4.78, 5) is 28.9. The zero-order valence-electron chi connectivity index (χ0n) is 15.6. The second-order valence-corrected chi connectivity index (χ2v) is 7.88. The van der Waals surface area contributed by atoms with Gasteiger partial charge in [-0.05, 0) is 54.4 Å². The van der Waals surface area contributed by atoms with Crippen molar-refractivity contribution in [3.8, 4) is 0 Å². The van der Waals surface area contributed by atoms with Gasteiger partial charge >= 0.3 is 12.1 Å². The summed E-state index contributed by atoms with van der Waals surface area (Å²) in [5, 5.41) is 2.59. The first-order valence-electron chi connectivity index (χ1n) is 8.53. The van der Waals surface area contributed by atoms with E-state index in [1.807, 2.05) is 36.4 Å². The summed E-state index contributed by atoms with van der Waals surface area (Å²) in [5.41, 5.74) is 0.845. The molecule has 27 heavy (non-hydrogen) atoms. The molecule has 0 bridgehead atoms. The number of alkyl carbamates (subject to hydrolysis) is 1. The molecule has 1 aromatic carbocycles. The molecule has 0 spiro atoms. The SMILES string of the molecule is CC(C)(C)OC(=O)N[C@H](Cc1ccc(Br)cn1)C(=O)OCc1ccccc1. The van der Waals surface area contributed by atoms with Gasteiger partial charge in [0.25, 0.3) is 0 Å². The molecule has 1 amide bonds. The van der Waals surface area contributed by atoms with Gasteiger partial charge in [-0.2, -0.15) is 0 Å². The molecule has 0 radical (unpaired) electrons. The number of carbonyl (C=O) groups is 2. The molecule has 6 nitrogen and oxygen atoms in total. The third kappa shape index (κ3) is 7.78. The molecule has 0 unspecified atom stereocenters. The molecule has 1 heterocycles. The molecule has 2 aromatic rings. The Morgan fingerprint density at radius 1 is 1.15 bits per heavy atom. The number of aromatic nitrogens is 1. The summed E-state index contributed by atoms with van der Waals surface area (Å²) in [7, 11) is 0. The number of nitrogens with one attached hydrogen (secondary N) is 1. The maximum atomic E-state index is 12.6. The van der Waals surface area contributed by atoms with E-state index in [1.165, 1.54) is 0 Å². The number of halogens is 1. The molecule has 2 rings (SSSR count). The van der Waals surface area contributed by atoms with Crippen molar-refractivity contribution < 1.29 is 19.1 Å². The van der Waals surface area contributed by atoms with Crippen LogP contribution in [0, 0.1) is 0 Å². The van der Waals surface area contributed by atoms with Crippen LogP contribution < -0.4 is 5.32 Å². The van der Waals surface area contributed by atoms with Crippen LogP contribution in [0.25, 0.3) is 0 Å². The zero-order chi connectivity index (χ0) is 19.9. The van der Waals surface area contributed by atoms with Crippen LogP contribution in [0.3, 0.4) is 0 Å². The third-order valence-electron chi connectivity index (χ3n) is 3.40. The largest absolute Gasteiger partial charge is 0.459 e. The van der Waals surface area contributed by atoms with Gasteiger partial charge in [0.1, 0.15) is 18.2 Å². The predicted octanol–water partition coefficient (Wildman–Crippen LogP) is 4.02. The lowest BCUT2D eigenvalue weighted by Crippen LogP contribution is -2.45. The van der Waals surface area contributed by atoms with Crippen LogP contribution in [0.2, 0.25) is 0 Å². The van der Waals surface area contributed by atoms with Gasteiger partial charge in [-0.1, -0.05) is 30.3 Å². The topological polar surface area (TPSA) is 77.5 Å². The first-order chi connectivity index (χ1) is 12.7. The minimum absolute atomic E-state index is 0.125. The molecule has 1 atom stereocenters. The number of hydrogen-bond donors (Lipinski definition) is 1. The Morgan fingerprint density at radius 3 is 2.44 bits per heavy atom. The lowest BCUT2D eigenvalue weighted by atomic mass is 10.1. The van der Waals surface area contributed by atoms with Crippen LogP contribution in [0.15, 0.2) is 53.1 Å². The van der Waals surface area contributed by atoms with E-state index in [0.717, 1.165) is 10.0 Å². The van der Waals surface area contributed by atoms with Crippen molar-refractivity contribution in [1.82, 2.24) is 10.3 Å². The first-order valence-corrected chi connectivity index (χ1v) is 9.33. The fourth-order valence-corrected chi connectivity index (χ4v) is 2.44. The van der Waals surface area contributed by atoms with Crippen molar-refractivity contribution in [3.05, 3.63) is 64.4 Å². The van der Waals surface area contributed by atoms with Gasteiger partial charge in [0.15, 0.2) is 0 Å². The second-order valence-electron chi connectivity index (χ2n) is 6.96. The van der Waals surface area contributed by atoms with E-state index < -0.39 is 23.7 Å². The van der Waals surface area contributed by atoms with Crippen LogP contribution >= 0.6 is 15.9 Å². The summed E-state index contributed by atoms with van der Waals surface area (Å²) in [6.45, 7) is 5.39. The number of benzene rings is 1. The Morgan fingerprint density at radius 2 is 1.85 bits per heavy atom. The standard InChI is InChI=1S/C20H23BrN2O4/c1-20(2,3)27-19(25)23-17(11-16-10-9-15(21)12-22-16)18(24)26-13-14-7-5-4-6-8-14/h4-10,12,17H,11,13H2,1-3H3,(H,23,25)/t17-/m1/s1. The van der Waals surface area contributed by atoms with Gasteiger partial charge in [-0.3, -0.25) is 4.98 Å². The van der Waals surface area contributed by atoms with Crippen LogP contribution in [0.1, 0.15) is 32.0 Å².